The first-order valence-electron chi connectivity index (χ1n) is 6.36. The number of nitrogens with one attached hydrogen (secondary N) is 1. The normalized spacial score (nSPS) is 15.7. The van der Waals surface area contributed by atoms with Crippen LogP contribution in [0.4, 0.5) is 0 Å². The second kappa shape index (κ2) is 4.92. The van der Waals surface area contributed by atoms with Crippen LogP contribution in [0.5, 0.6) is 5.75 Å². The van der Waals surface area contributed by atoms with Gasteiger partial charge in [0.25, 0.3) is 0 Å². The van der Waals surface area contributed by atoms with Crippen LogP contribution >= 0.6 is 0 Å². The molecule has 1 aromatic carbocycles. The zero-order valence-electron chi connectivity index (χ0n) is 10.7. The van der Waals surface area contributed by atoms with E-state index in [1.165, 1.54) is 16.7 Å². The summed E-state index contributed by atoms with van der Waals surface area (Å²) in [7, 11) is -3.55. The lowest BCUT2D eigenvalue weighted by molar-refractivity contribution is 0.397. The first kappa shape index (κ1) is 13.1. The summed E-state index contributed by atoms with van der Waals surface area (Å²) in [5.74, 6) is 0.138. The maximum atomic E-state index is 12.6. The molecule has 0 atom stereocenters. The summed E-state index contributed by atoms with van der Waals surface area (Å²) in [6.45, 7) is 0.257. The minimum absolute atomic E-state index is 0.0391. The van der Waals surface area contributed by atoms with Crippen molar-refractivity contribution in [1.82, 2.24) is 14.5 Å². The van der Waals surface area contributed by atoms with Gasteiger partial charge >= 0.3 is 0 Å². The Hall–Kier alpha value is -1.86. The van der Waals surface area contributed by atoms with Crippen molar-refractivity contribution in [3.8, 4) is 5.75 Å². The van der Waals surface area contributed by atoms with Gasteiger partial charge in [-0.15, -0.1) is 0 Å². The van der Waals surface area contributed by atoms with Crippen molar-refractivity contribution in [3.05, 3.63) is 42.2 Å². The Bertz CT molecular complexity index is 693. The summed E-state index contributed by atoms with van der Waals surface area (Å²) in [6, 6.07) is 6.70. The third-order valence-electron chi connectivity index (χ3n) is 3.28. The molecule has 1 aromatic heterocycles. The van der Waals surface area contributed by atoms with E-state index < -0.39 is 10.0 Å². The molecule has 0 unspecified atom stereocenters. The Kier molecular flexibility index (Phi) is 3.23. The highest BCUT2D eigenvalue weighted by atomic mass is 32.2. The quantitative estimate of drug-likeness (QED) is 0.874. The Morgan fingerprint density at radius 3 is 2.80 bits per heavy atom. The van der Waals surface area contributed by atoms with Crippen LogP contribution in [-0.4, -0.2) is 34.1 Å². The van der Waals surface area contributed by atoms with Gasteiger partial charge in [0.15, 0.2) is 0 Å². The monoisotopic (exact) mass is 293 g/mol. The van der Waals surface area contributed by atoms with E-state index in [0.29, 0.717) is 0 Å². The summed E-state index contributed by atoms with van der Waals surface area (Å²) in [5.41, 5.74) is 0.768. The number of phenols is 1. The van der Waals surface area contributed by atoms with Gasteiger partial charge in [-0.1, -0.05) is 12.1 Å². The van der Waals surface area contributed by atoms with Gasteiger partial charge in [-0.2, -0.15) is 9.40 Å². The molecular weight excluding hydrogens is 278 g/mol. The Morgan fingerprint density at radius 1 is 1.40 bits per heavy atom. The standard InChI is InChI=1S/C13H15N3O3S/c17-12-3-1-2-10(6-12)9-16(11-4-5-11)20(18,19)13-7-14-15-8-13/h1-3,6-8,11,17H,4-5,9H2,(H,14,15). The van der Waals surface area contributed by atoms with Crippen LogP contribution < -0.4 is 0 Å². The number of aromatic hydroxyl groups is 1. The molecule has 2 N–H and O–H groups in total. The highest BCUT2D eigenvalue weighted by molar-refractivity contribution is 7.89. The maximum Gasteiger partial charge on any atom is 0.246 e. The van der Waals surface area contributed by atoms with E-state index in [0.717, 1.165) is 18.4 Å². The number of nitrogens with zero attached hydrogens (tertiary/aromatic N) is 2. The fraction of sp³-hybridized carbons (Fsp3) is 0.308. The van der Waals surface area contributed by atoms with Gasteiger partial charge in [0, 0.05) is 18.8 Å². The van der Waals surface area contributed by atoms with E-state index in [2.05, 4.69) is 10.2 Å². The average Bonchev–Trinajstić information content (AvgIpc) is 3.08. The van der Waals surface area contributed by atoms with Gasteiger partial charge in [0.05, 0.1) is 6.20 Å². The van der Waals surface area contributed by atoms with Crippen molar-refractivity contribution in [1.29, 1.82) is 0 Å². The summed E-state index contributed by atoms with van der Waals surface area (Å²) in [4.78, 5) is 0.171. The minimum Gasteiger partial charge on any atom is -0.508 e. The molecule has 1 saturated carbocycles. The summed E-state index contributed by atoms with van der Waals surface area (Å²) in [5, 5.41) is 15.7. The van der Waals surface area contributed by atoms with Crippen molar-refractivity contribution in [3.63, 3.8) is 0 Å². The van der Waals surface area contributed by atoms with Crippen LogP contribution in [0.25, 0.3) is 0 Å². The van der Waals surface area contributed by atoms with Gasteiger partial charge in [-0.25, -0.2) is 8.42 Å². The smallest absolute Gasteiger partial charge is 0.246 e. The number of hydrogen-bond donors (Lipinski definition) is 2. The number of H-pyrrole nitrogens is 1. The van der Waals surface area contributed by atoms with E-state index in [4.69, 9.17) is 0 Å². The molecule has 1 fully saturated rings. The number of rotatable bonds is 5. The largest absolute Gasteiger partial charge is 0.508 e. The van der Waals surface area contributed by atoms with E-state index in [9.17, 15) is 13.5 Å². The zero-order valence-corrected chi connectivity index (χ0v) is 11.5. The van der Waals surface area contributed by atoms with Crippen LogP contribution in [0.1, 0.15) is 18.4 Å². The number of benzene rings is 1. The lowest BCUT2D eigenvalue weighted by Gasteiger charge is -2.21. The van der Waals surface area contributed by atoms with Crippen molar-refractivity contribution < 1.29 is 13.5 Å². The van der Waals surface area contributed by atoms with Crippen molar-refractivity contribution in [2.24, 2.45) is 0 Å². The Labute approximate surface area is 117 Å². The van der Waals surface area contributed by atoms with Gasteiger partial charge < -0.3 is 5.11 Å². The van der Waals surface area contributed by atoms with Gasteiger partial charge in [-0.05, 0) is 30.5 Å². The van der Waals surface area contributed by atoms with Crippen LogP contribution in [0, 0.1) is 0 Å². The molecule has 6 nitrogen and oxygen atoms in total. The molecule has 1 aliphatic carbocycles. The fourth-order valence-electron chi connectivity index (χ4n) is 2.12. The number of hydrogen-bond acceptors (Lipinski definition) is 4. The van der Waals surface area contributed by atoms with E-state index in [1.54, 1.807) is 24.3 Å². The second-order valence-electron chi connectivity index (χ2n) is 4.89. The lowest BCUT2D eigenvalue weighted by atomic mass is 10.2. The summed E-state index contributed by atoms with van der Waals surface area (Å²) < 4.78 is 26.6. The SMILES string of the molecule is O=S(=O)(c1cn[nH]c1)N(Cc1cccc(O)c1)C1CC1. The molecule has 106 valence electrons. The second-order valence-corrected chi connectivity index (χ2v) is 6.78. The van der Waals surface area contributed by atoms with E-state index in [1.807, 2.05) is 0 Å². The molecule has 7 heteroatoms. The molecule has 1 aliphatic rings. The molecule has 0 aliphatic heterocycles. The summed E-state index contributed by atoms with van der Waals surface area (Å²) >= 11 is 0. The molecular formula is C13H15N3O3S. The zero-order chi connectivity index (χ0) is 14.2. The molecule has 1 heterocycles. The molecule has 0 saturated heterocycles. The lowest BCUT2D eigenvalue weighted by Crippen LogP contribution is -2.32. The van der Waals surface area contributed by atoms with Crippen LogP contribution in [0.15, 0.2) is 41.6 Å². The van der Waals surface area contributed by atoms with E-state index >= 15 is 0 Å². The van der Waals surface area contributed by atoms with E-state index in [-0.39, 0.29) is 23.2 Å². The van der Waals surface area contributed by atoms with Crippen molar-refractivity contribution in [2.75, 3.05) is 0 Å². The van der Waals surface area contributed by atoms with Crippen molar-refractivity contribution >= 4 is 10.0 Å². The van der Waals surface area contributed by atoms with Gasteiger partial charge in [0.1, 0.15) is 10.6 Å². The average molecular weight is 293 g/mol. The number of aromatic amines is 1. The highest BCUT2D eigenvalue weighted by Crippen LogP contribution is 2.33. The molecule has 0 bridgehead atoms. The topological polar surface area (TPSA) is 86.3 Å². The molecule has 0 radical (unpaired) electrons. The number of sulfonamides is 1. The molecule has 2 aromatic rings. The molecule has 20 heavy (non-hydrogen) atoms. The first-order valence-corrected chi connectivity index (χ1v) is 7.80. The van der Waals surface area contributed by atoms with Crippen LogP contribution in [0.3, 0.4) is 0 Å². The maximum absolute atomic E-state index is 12.6. The number of aromatic nitrogens is 2. The predicted octanol–water partition coefficient (Wildman–Crippen LogP) is 1.47. The number of phenolic OH excluding ortho intramolecular Hbond substituents is 1. The fourth-order valence-corrected chi connectivity index (χ4v) is 3.70. The third kappa shape index (κ3) is 2.54. The van der Waals surface area contributed by atoms with Crippen LogP contribution in [0.2, 0.25) is 0 Å². The molecule has 0 spiro atoms. The third-order valence-corrected chi connectivity index (χ3v) is 5.15. The Balaban J connectivity index is 1.90. The van der Waals surface area contributed by atoms with Crippen molar-refractivity contribution in [2.45, 2.75) is 30.3 Å². The van der Waals surface area contributed by atoms with Crippen LogP contribution in [-0.2, 0) is 16.6 Å². The predicted molar refractivity (Wildman–Crippen MR) is 72.4 cm³/mol. The Morgan fingerprint density at radius 2 is 2.20 bits per heavy atom. The molecule has 0 amide bonds. The van der Waals surface area contributed by atoms with Gasteiger partial charge in [0.2, 0.25) is 10.0 Å². The minimum atomic E-state index is -3.55. The molecule has 3 rings (SSSR count). The summed E-state index contributed by atoms with van der Waals surface area (Å²) in [6.07, 6.45) is 4.44. The highest BCUT2D eigenvalue weighted by Gasteiger charge is 2.38. The van der Waals surface area contributed by atoms with Gasteiger partial charge in [-0.3, -0.25) is 5.10 Å². The first-order chi connectivity index (χ1) is 9.57.